The van der Waals surface area contributed by atoms with Gasteiger partial charge in [-0.05, 0) is 60.2 Å². The highest BCUT2D eigenvalue weighted by Crippen LogP contribution is 2.15. The molecule has 2 saturated heterocycles. The summed E-state index contributed by atoms with van der Waals surface area (Å²) in [5.41, 5.74) is -0.149. The Morgan fingerprint density at radius 2 is 1.70 bits per heavy atom. The van der Waals surface area contributed by atoms with Crippen molar-refractivity contribution in [3.8, 4) is 0 Å². The van der Waals surface area contributed by atoms with Crippen molar-refractivity contribution in [2.24, 2.45) is 0 Å². The number of nitrogens with one attached hydrogen (secondary N) is 1. The first-order chi connectivity index (χ1) is 10.9. The van der Waals surface area contributed by atoms with Gasteiger partial charge in [0.05, 0.1) is 0 Å². The lowest BCUT2D eigenvalue weighted by Crippen LogP contribution is -2.55. The lowest BCUT2D eigenvalue weighted by Gasteiger charge is -2.38. The van der Waals surface area contributed by atoms with Gasteiger partial charge in [0.2, 0.25) is 5.91 Å². The van der Waals surface area contributed by atoms with Gasteiger partial charge in [0, 0.05) is 50.7 Å². The molecule has 0 saturated carbocycles. The highest BCUT2D eigenvalue weighted by atomic mass is 16.1. The summed E-state index contributed by atoms with van der Waals surface area (Å²) in [6.07, 6.45) is 4.24. The van der Waals surface area contributed by atoms with E-state index in [9.17, 15) is 4.79 Å². The fraction of sp³-hybridized carbons (Fsp3) is 0.944. The van der Waals surface area contributed by atoms with Crippen LogP contribution in [0.3, 0.4) is 0 Å². The molecule has 0 aliphatic carbocycles. The van der Waals surface area contributed by atoms with E-state index in [0.717, 1.165) is 39.1 Å². The number of likely N-dealkylation sites (N-methyl/N-ethyl adjacent to an activating group) is 1. The van der Waals surface area contributed by atoms with Gasteiger partial charge < -0.3 is 15.1 Å². The second kappa shape index (κ2) is 8.45. The van der Waals surface area contributed by atoms with Gasteiger partial charge in [-0.3, -0.25) is 9.69 Å². The molecule has 0 radical (unpaired) electrons. The molecule has 5 nitrogen and oxygen atoms in total. The number of likely N-dealkylation sites (tertiary alicyclic amines) is 1. The molecule has 0 aromatic rings. The summed E-state index contributed by atoms with van der Waals surface area (Å²) in [7, 11) is 2.17. The largest absolute Gasteiger partial charge is 0.350 e. The summed E-state index contributed by atoms with van der Waals surface area (Å²) in [4.78, 5) is 19.7. The molecule has 134 valence electrons. The van der Waals surface area contributed by atoms with E-state index in [1.165, 1.54) is 25.9 Å². The highest BCUT2D eigenvalue weighted by Gasteiger charge is 2.26. The zero-order valence-electron chi connectivity index (χ0n) is 15.6. The number of carbonyl (C=O) groups excluding carboxylic acids is 1. The normalized spacial score (nSPS) is 23.1. The Hall–Kier alpha value is -0.650. The molecule has 2 heterocycles. The number of carbonyl (C=O) groups is 1. The van der Waals surface area contributed by atoms with Crippen LogP contribution in [0.4, 0.5) is 0 Å². The van der Waals surface area contributed by atoms with E-state index in [0.29, 0.717) is 12.5 Å². The Kier molecular flexibility index (Phi) is 6.86. The number of piperazine rings is 1. The van der Waals surface area contributed by atoms with Gasteiger partial charge in [0.25, 0.3) is 0 Å². The molecule has 1 amide bonds. The topological polar surface area (TPSA) is 38.8 Å². The highest BCUT2D eigenvalue weighted by molar-refractivity contribution is 5.76. The van der Waals surface area contributed by atoms with Crippen LogP contribution < -0.4 is 5.32 Å². The fourth-order valence-electron chi connectivity index (χ4n) is 3.75. The quantitative estimate of drug-likeness (QED) is 0.768. The maximum absolute atomic E-state index is 12.3. The van der Waals surface area contributed by atoms with Crippen LogP contribution in [0.2, 0.25) is 0 Å². The average Bonchev–Trinajstić information content (AvgIpc) is 3.01. The minimum absolute atomic E-state index is 0.149. The summed E-state index contributed by atoms with van der Waals surface area (Å²) >= 11 is 0. The van der Waals surface area contributed by atoms with Gasteiger partial charge in [0.1, 0.15) is 0 Å². The van der Waals surface area contributed by atoms with Crippen molar-refractivity contribution in [3.05, 3.63) is 0 Å². The molecular formula is C18H36N4O. The van der Waals surface area contributed by atoms with E-state index in [1.54, 1.807) is 0 Å². The van der Waals surface area contributed by atoms with E-state index >= 15 is 0 Å². The maximum atomic E-state index is 12.3. The minimum Gasteiger partial charge on any atom is -0.350 e. The van der Waals surface area contributed by atoms with Gasteiger partial charge in [-0.25, -0.2) is 0 Å². The minimum atomic E-state index is -0.149. The number of hydrogen-bond acceptors (Lipinski definition) is 4. The summed E-state index contributed by atoms with van der Waals surface area (Å²) in [6.45, 7) is 14.3. The number of hydrogen-bond donors (Lipinski definition) is 1. The molecule has 23 heavy (non-hydrogen) atoms. The summed E-state index contributed by atoms with van der Waals surface area (Å²) < 4.78 is 0. The van der Waals surface area contributed by atoms with Crippen molar-refractivity contribution >= 4 is 5.91 Å². The third-order valence-electron chi connectivity index (χ3n) is 5.25. The van der Waals surface area contributed by atoms with Crippen molar-refractivity contribution in [3.63, 3.8) is 0 Å². The SMILES string of the molecule is C[C@H](CCC(=O)NC(C)(C)CN1CCN(C)CC1)N1CCCC1. The molecule has 1 atom stereocenters. The van der Waals surface area contributed by atoms with Gasteiger partial charge in [-0.1, -0.05) is 0 Å². The molecule has 0 unspecified atom stereocenters. The van der Waals surface area contributed by atoms with Gasteiger partial charge in [-0.15, -0.1) is 0 Å². The molecule has 0 bridgehead atoms. The van der Waals surface area contributed by atoms with Crippen molar-refractivity contribution < 1.29 is 4.79 Å². The first-order valence-electron chi connectivity index (χ1n) is 9.32. The van der Waals surface area contributed by atoms with Crippen LogP contribution in [-0.2, 0) is 4.79 Å². The predicted molar refractivity (Wildman–Crippen MR) is 95.7 cm³/mol. The first kappa shape index (κ1) is 18.7. The number of amides is 1. The molecule has 0 aromatic heterocycles. The average molecular weight is 325 g/mol. The third kappa shape index (κ3) is 6.40. The Balaban J connectivity index is 1.68. The molecule has 5 heteroatoms. The van der Waals surface area contributed by atoms with E-state index in [4.69, 9.17) is 0 Å². The van der Waals surface area contributed by atoms with E-state index in [-0.39, 0.29) is 11.4 Å². The van der Waals surface area contributed by atoms with Gasteiger partial charge in [0.15, 0.2) is 0 Å². The first-order valence-corrected chi connectivity index (χ1v) is 9.32. The standard InChI is InChI=1S/C18H36N4O/c1-16(22-9-5-6-10-22)7-8-17(23)19-18(2,3)15-21-13-11-20(4)12-14-21/h16H,5-15H2,1-4H3,(H,19,23)/t16-/m1/s1. The van der Waals surface area contributed by atoms with Crippen LogP contribution in [0.1, 0.15) is 46.5 Å². The Morgan fingerprint density at radius 3 is 2.30 bits per heavy atom. The zero-order chi connectivity index (χ0) is 16.9. The molecule has 2 aliphatic heterocycles. The van der Waals surface area contributed by atoms with E-state index in [1.807, 2.05) is 0 Å². The fourth-order valence-corrected chi connectivity index (χ4v) is 3.75. The maximum Gasteiger partial charge on any atom is 0.220 e. The van der Waals surface area contributed by atoms with E-state index in [2.05, 4.69) is 47.8 Å². The van der Waals surface area contributed by atoms with Crippen LogP contribution in [0.15, 0.2) is 0 Å². The molecule has 0 spiro atoms. The monoisotopic (exact) mass is 324 g/mol. The molecule has 2 rings (SSSR count). The van der Waals surface area contributed by atoms with Crippen molar-refractivity contribution in [2.45, 2.75) is 58.0 Å². The molecule has 2 aliphatic rings. The Bertz CT molecular complexity index is 371. The van der Waals surface area contributed by atoms with Crippen molar-refractivity contribution in [1.29, 1.82) is 0 Å². The lowest BCUT2D eigenvalue weighted by atomic mass is 10.0. The van der Waals surface area contributed by atoms with Crippen LogP contribution in [-0.4, -0.2) is 85.0 Å². The second-order valence-electron chi connectivity index (χ2n) is 8.14. The molecule has 1 N–H and O–H groups in total. The van der Waals surface area contributed by atoms with Crippen LogP contribution in [0.25, 0.3) is 0 Å². The smallest absolute Gasteiger partial charge is 0.220 e. The van der Waals surface area contributed by atoms with Gasteiger partial charge in [-0.2, -0.15) is 0 Å². The summed E-state index contributed by atoms with van der Waals surface area (Å²) in [6, 6.07) is 0.531. The van der Waals surface area contributed by atoms with Gasteiger partial charge >= 0.3 is 0 Å². The Morgan fingerprint density at radius 1 is 1.09 bits per heavy atom. The number of rotatable bonds is 7. The zero-order valence-corrected chi connectivity index (χ0v) is 15.6. The molecule has 2 fully saturated rings. The Labute approximate surface area is 142 Å². The number of nitrogens with zero attached hydrogens (tertiary/aromatic N) is 3. The molecular weight excluding hydrogens is 288 g/mol. The van der Waals surface area contributed by atoms with Crippen molar-refractivity contribution in [2.75, 3.05) is 52.9 Å². The van der Waals surface area contributed by atoms with E-state index < -0.39 is 0 Å². The predicted octanol–water partition coefficient (Wildman–Crippen LogP) is 1.39. The summed E-state index contributed by atoms with van der Waals surface area (Å²) in [5.74, 6) is 0.204. The third-order valence-corrected chi connectivity index (χ3v) is 5.25. The van der Waals surface area contributed by atoms with Crippen LogP contribution >= 0.6 is 0 Å². The van der Waals surface area contributed by atoms with Crippen molar-refractivity contribution in [1.82, 2.24) is 20.0 Å². The molecule has 0 aromatic carbocycles. The second-order valence-corrected chi connectivity index (χ2v) is 8.14. The van der Waals surface area contributed by atoms with Crippen LogP contribution in [0, 0.1) is 0 Å². The van der Waals surface area contributed by atoms with Crippen LogP contribution in [0.5, 0.6) is 0 Å². The summed E-state index contributed by atoms with van der Waals surface area (Å²) in [5, 5.41) is 3.25. The lowest BCUT2D eigenvalue weighted by molar-refractivity contribution is -0.123.